The smallest absolute Gasteiger partial charge is 0.314 e. The van der Waals surface area contributed by atoms with Gasteiger partial charge in [0.15, 0.2) is 0 Å². The van der Waals surface area contributed by atoms with Crippen LogP contribution in [0.2, 0.25) is 0 Å². The molecule has 0 aromatic heterocycles. The Morgan fingerprint density at radius 1 is 1.22 bits per heavy atom. The monoisotopic (exact) mass is 266 g/mol. The zero-order valence-electron chi connectivity index (χ0n) is 11.2. The third-order valence-electron chi connectivity index (χ3n) is 3.38. The van der Waals surface area contributed by atoms with Crippen LogP contribution in [0.1, 0.15) is 45.4 Å². The van der Waals surface area contributed by atoms with Crippen LogP contribution in [0.4, 0.5) is 13.2 Å². The van der Waals surface area contributed by atoms with E-state index < -0.39 is 12.7 Å². The quantitative estimate of drug-likeness (QED) is 0.761. The first-order chi connectivity index (χ1) is 8.51. The van der Waals surface area contributed by atoms with Crippen molar-refractivity contribution in [3.05, 3.63) is 0 Å². The molecule has 0 aromatic carbocycles. The van der Waals surface area contributed by atoms with Crippen LogP contribution >= 0.6 is 0 Å². The van der Waals surface area contributed by atoms with Gasteiger partial charge in [-0.1, -0.05) is 13.3 Å². The van der Waals surface area contributed by atoms with Crippen LogP contribution in [0.15, 0.2) is 0 Å². The average molecular weight is 266 g/mol. The van der Waals surface area contributed by atoms with Crippen molar-refractivity contribution in [2.75, 3.05) is 26.2 Å². The molecule has 0 aromatic rings. The van der Waals surface area contributed by atoms with E-state index >= 15 is 0 Å². The van der Waals surface area contributed by atoms with Gasteiger partial charge < -0.3 is 5.32 Å². The van der Waals surface area contributed by atoms with Crippen molar-refractivity contribution in [2.45, 2.75) is 57.7 Å². The van der Waals surface area contributed by atoms with Gasteiger partial charge in [0.2, 0.25) is 0 Å². The molecule has 0 aliphatic carbocycles. The molecule has 0 saturated carbocycles. The molecule has 0 spiro atoms. The minimum Gasteiger partial charge on any atom is -0.314 e. The minimum atomic E-state index is -4.07. The molecule has 1 atom stereocenters. The molecule has 1 saturated heterocycles. The van der Waals surface area contributed by atoms with E-state index in [2.05, 4.69) is 5.32 Å². The number of nitrogens with one attached hydrogen (secondary N) is 1. The van der Waals surface area contributed by atoms with E-state index in [-0.39, 0.29) is 0 Å². The summed E-state index contributed by atoms with van der Waals surface area (Å²) in [7, 11) is 0. The zero-order chi connectivity index (χ0) is 13.4. The fourth-order valence-electron chi connectivity index (χ4n) is 2.57. The van der Waals surface area contributed by atoms with E-state index in [1.165, 1.54) is 24.2 Å². The van der Waals surface area contributed by atoms with E-state index in [4.69, 9.17) is 0 Å². The Kier molecular flexibility index (Phi) is 7.00. The maximum absolute atomic E-state index is 12.4. The Morgan fingerprint density at radius 3 is 2.56 bits per heavy atom. The molecular weight excluding hydrogens is 241 g/mol. The molecule has 1 fully saturated rings. The van der Waals surface area contributed by atoms with Crippen LogP contribution < -0.4 is 5.32 Å². The third-order valence-corrected chi connectivity index (χ3v) is 3.38. The zero-order valence-corrected chi connectivity index (χ0v) is 11.2. The van der Waals surface area contributed by atoms with Gasteiger partial charge in [-0.05, 0) is 51.7 Å². The highest BCUT2D eigenvalue weighted by Crippen LogP contribution is 2.18. The molecule has 1 aliphatic rings. The SMILES string of the molecule is CCCN(CCCC1CCCCN1)CC(F)(F)F. The van der Waals surface area contributed by atoms with Gasteiger partial charge in [-0.25, -0.2) is 0 Å². The summed E-state index contributed by atoms with van der Waals surface area (Å²) in [4.78, 5) is 1.53. The van der Waals surface area contributed by atoms with E-state index in [1.807, 2.05) is 6.92 Å². The lowest BCUT2D eigenvalue weighted by Gasteiger charge is -2.26. The topological polar surface area (TPSA) is 15.3 Å². The Bertz CT molecular complexity index is 213. The van der Waals surface area contributed by atoms with Crippen molar-refractivity contribution in [1.29, 1.82) is 0 Å². The second kappa shape index (κ2) is 8.00. The number of rotatable bonds is 7. The van der Waals surface area contributed by atoms with Gasteiger partial charge in [0.25, 0.3) is 0 Å². The van der Waals surface area contributed by atoms with Crippen LogP contribution in [0.25, 0.3) is 0 Å². The van der Waals surface area contributed by atoms with E-state index in [1.54, 1.807) is 0 Å². The Hall–Kier alpha value is -0.290. The van der Waals surface area contributed by atoms with E-state index in [0.717, 1.165) is 25.8 Å². The summed E-state index contributed by atoms with van der Waals surface area (Å²) in [5.41, 5.74) is 0. The molecule has 5 heteroatoms. The van der Waals surface area contributed by atoms with Gasteiger partial charge in [0, 0.05) is 6.04 Å². The predicted molar refractivity (Wildman–Crippen MR) is 67.7 cm³/mol. The number of alkyl halides is 3. The van der Waals surface area contributed by atoms with Gasteiger partial charge in [-0.15, -0.1) is 0 Å². The van der Waals surface area contributed by atoms with Crippen molar-refractivity contribution in [1.82, 2.24) is 10.2 Å². The van der Waals surface area contributed by atoms with Crippen LogP contribution in [-0.4, -0.2) is 43.3 Å². The highest BCUT2D eigenvalue weighted by molar-refractivity contribution is 4.73. The highest BCUT2D eigenvalue weighted by atomic mass is 19.4. The van der Waals surface area contributed by atoms with Gasteiger partial charge in [-0.3, -0.25) is 4.90 Å². The summed E-state index contributed by atoms with van der Waals surface area (Å²) in [5.74, 6) is 0. The number of piperidine rings is 1. The maximum atomic E-state index is 12.4. The minimum absolute atomic E-state index is 0.521. The summed E-state index contributed by atoms with van der Waals surface area (Å²) in [6.45, 7) is 3.32. The fraction of sp³-hybridized carbons (Fsp3) is 1.00. The summed E-state index contributed by atoms with van der Waals surface area (Å²) in [5, 5.41) is 3.43. The summed E-state index contributed by atoms with van der Waals surface area (Å²) in [6.07, 6.45) is 2.21. The Balaban J connectivity index is 2.19. The van der Waals surface area contributed by atoms with E-state index in [9.17, 15) is 13.2 Å². The van der Waals surface area contributed by atoms with Crippen molar-refractivity contribution in [2.24, 2.45) is 0 Å². The maximum Gasteiger partial charge on any atom is 0.401 e. The molecule has 0 radical (unpaired) electrons. The standard InChI is InChI=1S/C13H25F3N2/c1-2-9-18(11-13(14,15)16)10-5-7-12-6-3-4-8-17-12/h12,17H,2-11H2,1H3. The first-order valence-electron chi connectivity index (χ1n) is 7.04. The van der Waals surface area contributed by atoms with Crippen molar-refractivity contribution < 1.29 is 13.2 Å². The lowest BCUT2D eigenvalue weighted by Crippen LogP contribution is -2.37. The lowest BCUT2D eigenvalue weighted by atomic mass is 10.0. The van der Waals surface area contributed by atoms with Crippen molar-refractivity contribution >= 4 is 0 Å². The molecule has 1 aliphatic heterocycles. The molecule has 0 bridgehead atoms. The van der Waals surface area contributed by atoms with Crippen LogP contribution in [0, 0.1) is 0 Å². The highest BCUT2D eigenvalue weighted by Gasteiger charge is 2.30. The number of hydrogen-bond donors (Lipinski definition) is 1. The van der Waals surface area contributed by atoms with Gasteiger partial charge in [0.1, 0.15) is 0 Å². The molecule has 18 heavy (non-hydrogen) atoms. The number of halogens is 3. The molecule has 0 amide bonds. The molecule has 1 unspecified atom stereocenters. The molecule has 2 nitrogen and oxygen atoms in total. The Labute approximate surface area is 108 Å². The Morgan fingerprint density at radius 2 is 2.00 bits per heavy atom. The van der Waals surface area contributed by atoms with Gasteiger partial charge >= 0.3 is 6.18 Å². The van der Waals surface area contributed by atoms with Gasteiger partial charge in [-0.2, -0.15) is 13.2 Å². The molecule has 108 valence electrons. The van der Waals surface area contributed by atoms with Crippen molar-refractivity contribution in [3.8, 4) is 0 Å². The van der Waals surface area contributed by atoms with E-state index in [0.29, 0.717) is 19.1 Å². The molecule has 1 rings (SSSR count). The van der Waals surface area contributed by atoms with Crippen molar-refractivity contribution in [3.63, 3.8) is 0 Å². The summed E-state index contributed by atoms with van der Waals surface area (Å²) < 4.78 is 37.1. The predicted octanol–water partition coefficient (Wildman–Crippen LogP) is 3.18. The van der Waals surface area contributed by atoms with Crippen LogP contribution in [0.5, 0.6) is 0 Å². The third kappa shape index (κ3) is 7.21. The molecular formula is C13H25F3N2. The fourth-order valence-corrected chi connectivity index (χ4v) is 2.57. The summed E-state index contributed by atoms with van der Waals surface area (Å²) >= 11 is 0. The van der Waals surface area contributed by atoms with Gasteiger partial charge in [0.05, 0.1) is 6.54 Å². The second-order valence-corrected chi connectivity index (χ2v) is 5.18. The largest absolute Gasteiger partial charge is 0.401 e. The first-order valence-corrected chi connectivity index (χ1v) is 7.04. The van der Waals surface area contributed by atoms with Crippen LogP contribution in [0.3, 0.4) is 0 Å². The molecule has 1 heterocycles. The second-order valence-electron chi connectivity index (χ2n) is 5.18. The number of nitrogens with zero attached hydrogens (tertiary/aromatic N) is 1. The van der Waals surface area contributed by atoms with Crippen LogP contribution in [-0.2, 0) is 0 Å². The lowest BCUT2D eigenvalue weighted by molar-refractivity contribution is -0.146. The normalized spacial score (nSPS) is 21.5. The first kappa shape index (κ1) is 15.8. The molecule has 1 N–H and O–H groups in total. The average Bonchev–Trinajstić information content (AvgIpc) is 2.28. The summed E-state index contributed by atoms with van der Waals surface area (Å²) in [6, 6.07) is 0.521. The number of hydrogen-bond acceptors (Lipinski definition) is 2.